The molecule has 0 fully saturated rings. The van der Waals surface area contributed by atoms with Gasteiger partial charge in [0.1, 0.15) is 12.4 Å². The predicted octanol–water partition coefficient (Wildman–Crippen LogP) is 5.94. The molecule has 0 aromatic heterocycles. The summed E-state index contributed by atoms with van der Waals surface area (Å²) in [6, 6.07) is 17.9. The summed E-state index contributed by atoms with van der Waals surface area (Å²) in [5.41, 5.74) is 4.72. The second-order valence-electron chi connectivity index (χ2n) is 7.87. The Balaban J connectivity index is 1.45. The van der Waals surface area contributed by atoms with E-state index in [-0.39, 0.29) is 11.5 Å². The SMILES string of the molecule is CS(=O)(=O)Cc1ccc(COc2ccc3c(c2)C/C(=C\c2cc(Cl)cc(Cl)c2)C3=O)cc1. The van der Waals surface area contributed by atoms with Gasteiger partial charge in [-0.05, 0) is 64.7 Å². The van der Waals surface area contributed by atoms with Gasteiger partial charge in [-0.1, -0.05) is 47.5 Å². The van der Waals surface area contributed by atoms with E-state index in [2.05, 4.69) is 0 Å². The van der Waals surface area contributed by atoms with Crippen molar-refractivity contribution in [3.8, 4) is 5.75 Å². The number of fused-ring (bicyclic) bond motifs is 1. The third kappa shape index (κ3) is 5.60. The van der Waals surface area contributed by atoms with Crippen molar-refractivity contribution in [1.29, 1.82) is 0 Å². The van der Waals surface area contributed by atoms with Crippen LogP contribution >= 0.6 is 23.2 Å². The molecule has 0 unspecified atom stereocenters. The molecule has 0 saturated carbocycles. The molecule has 1 aliphatic carbocycles. The topological polar surface area (TPSA) is 60.4 Å². The molecule has 0 spiro atoms. The van der Waals surface area contributed by atoms with Crippen LogP contribution in [0.3, 0.4) is 0 Å². The van der Waals surface area contributed by atoms with Gasteiger partial charge in [0.05, 0.1) is 5.75 Å². The lowest BCUT2D eigenvalue weighted by Gasteiger charge is -2.08. The summed E-state index contributed by atoms with van der Waals surface area (Å²) >= 11 is 12.1. The molecule has 3 aromatic rings. The quantitative estimate of drug-likeness (QED) is 0.404. The Kier molecular flexibility index (Phi) is 6.42. The highest BCUT2D eigenvalue weighted by molar-refractivity contribution is 7.89. The van der Waals surface area contributed by atoms with Crippen molar-refractivity contribution < 1.29 is 17.9 Å². The van der Waals surface area contributed by atoms with Gasteiger partial charge in [0.15, 0.2) is 15.6 Å². The van der Waals surface area contributed by atoms with Gasteiger partial charge in [0, 0.05) is 33.9 Å². The van der Waals surface area contributed by atoms with Crippen molar-refractivity contribution in [2.75, 3.05) is 6.26 Å². The summed E-state index contributed by atoms with van der Waals surface area (Å²) in [5.74, 6) is 0.678. The van der Waals surface area contributed by atoms with E-state index in [4.69, 9.17) is 27.9 Å². The lowest BCUT2D eigenvalue weighted by molar-refractivity contribution is 0.104. The van der Waals surface area contributed by atoms with Crippen LogP contribution in [0.4, 0.5) is 0 Å². The third-order valence-electron chi connectivity index (χ3n) is 5.08. The second-order valence-corrected chi connectivity index (χ2v) is 10.9. The summed E-state index contributed by atoms with van der Waals surface area (Å²) in [4.78, 5) is 12.8. The standard InChI is InChI=1S/C25H20Cl2O4S/c1-32(29,30)15-17-4-2-16(3-5-17)14-31-23-6-7-24-19(12-23)11-20(25(24)28)8-18-9-21(26)13-22(27)10-18/h2-10,12-13H,11,14-15H2,1H3/b20-8+. The smallest absolute Gasteiger partial charge is 0.189 e. The maximum atomic E-state index is 12.8. The fraction of sp³-hybridized carbons (Fsp3) is 0.160. The number of carbonyl (C=O) groups is 1. The lowest BCUT2D eigenvalue weighted by atomic mass is 10.1. The number of hydrogen-bond acceptors (Lipinski definition) is 4. The highest BCUT2D eigenvalue weighted by atomic mass is 35.5. The van der Waals surface area contributed by atoms with Crippen molar-refractivity contribution >= 4 is 44.9 Å². The number of sulfone groups is 1. The van der Waals surface area contributed by atoms with Crippen LogP contribution in [0.2, 0.25) is 10.0 Å². The van der Waals surface area contributed by atoms with Crippen LogP contribution in [0.25, 0.3) is 6.08 Å². The Bertz CT molecular complexity index is 1310. The maximum Gasteiger partial charge on any atom is 0.189 e. The van der Waals surface area contributed by atoms with Gasteiger partial charge in [-0.25, -0.2) is 8.42 Å². The van der Waals surface area contributed by atoms with Gasteiger partial charge in [-0.3, -0.25) is 4.79 Å². The molecule has 3 aromatic carbocycles. The summed E-state index contributed by atoms with van der Waals surface area (Å²) in [6.07, 6.45) is 3.54. The lowest BCUT2D eigenvalue weighted by Crippen LogP contribution is -2.01. The summed E-state index contributed by atoms with van der Waals surface area (Å²) < 4.78 is 28.7. The van der Waals surface area contributed by atoms with Gasteiger partial charge < -0.3 is 4.74 Å². The first-order valence-corrected chi connectivity index (χ1v) is 12.7. The van der Waals surface area contributed by atoms with Crippen LogP contribution in [0.5, 0.6) is 5.75 Å². The van der Waals surface area contributed by atoms with Crippen molar-refractivity contribution in [3.05, 3.63) is 104 Å². The number of hydrogen-bond donors (Lipinski definition) is 0. The van der Waals surface area contributed by atoms with E-state index in [1.165, 1.54) is 6.26 Å². The van der Waals surface area contributed by atoms with Crippen LogP contribution in [-0.2, 0) is 28.6 Å². The van der Waals surface area contributed by atoms with E-state index in [0.717, 1.165) is 22.3 Å². The average Bonchev–Trinajstić information content (AvgIpc) is 3.00. The van der Waals surface area contributed by atoms with E-state index in [1.54, 1.807) is 42.5 Å². The number of allylic oxidation sites excluding steroid dienone is 1. The second kappa shape index (κ2) is 9.10. The molecule has 1 aliphatic rings. The monoisotopic (exact) mass is 486 g/mol. The van der Waals surface area contributed by atoms with Crippen molar-refractivity contribution in [3.63, 3.8) is 0 Å². The molecule has 0 radical (unpaired) electrons. The van der Waals surface area contributed by atoms with Crippen LogP contribution in [-0.4, -0.2) is 20.5 Å². The zero-order chi connectivity index (χ0) is 22.9. The molecule has 0 amide bonds. The summed E-state index contributed by atoms with van der Waals surface area (Å²) in [6.45, 7) is 0.343. The molecular formula is C25H20Cl2O4S. The Morgan fingerprint density at radius 2 is 1.59 bits per heavy atom. The number of ketones is 1. The van der Waals surface area contributed by atoms with E-state index in [1.807, 2.05) is 24.3 Å². The number of carbonyl (C=O) groups excluding carboxylic acids is 1. The van der Waals surface area contributed by atoms with Crippen LogP contribution < -0.4 is 4.74 Å². The molecule has 4 rings (SSSR count). The van der Waals surface area contributed by atoms with Crippen molar-refractivity contribution in [2.24, 2.45) is 0 Å². The maximum absolute atomic E-state index is 12.8. The molecule has 4 nitrogen and oxygen atoms in total. The van der Waals surface area contributed by atoms with E-state index < -0.39 is 9.84 Å². The highest BCUT2D eigenvalue weighted by Crippen LogP contribution is 2.32. The Morgan fingerprint density at radius 3 is 2.25 bits per heavy atom. The minimum absolute atomic E-state index is 0.0101. The molecule has 164 valence electrons. The molecule has 32 heavy (non-hydrogen) atoms. The average molecular weight is 487 g/mol. The molecule has 0 bridgehead atoms. The molecule has 0 aliphatic heterocycles. The van der Waals surface area contributed by atoms with Gasteiger partial charge in [0.25, 0.3) is 0 Å². The normalized spacial score (nSPS) is 14.6. The molecule has 0 N–H and O–H groups in total. The molecule has 7 heteroatoms. The number of Topliss-reactive ketones (excluding diaryl/α,β-unsaturated/α-hetero) is 1. The first-order chi connectivity index (χ1) is 15.2. The van der Waals surface area contributed by atoms with Crippen molar-refractivity contribution in [1.82, 2.24) is 0 Å². The summed E-state index contributed by atoms with van der Waals surface area (Å²) in [5, 5.41) is 1.04. The van der Waals surface area contributed by atoms with Crippen LogP contribution in [0.15, 0.2) is 66.2 Å². The Hall–Kier alpha value is -2.60. The molecule has 0 heterocycles. The third-order valence-corrected chi connectivity index (χ3v) is 6.37. The largest absolute Gasteiger partial charge is 0.489 e. The first-order valence-electron chi connectivity index (χ1n) is 9.89. The summed E-state index contributed by atoms with van der Waals surface area (Å²) in [7, 11) is -3.06. The van der Waals surface area contributed by atoms with Crippen LogP contribution in [0.1, 0.15) is 32.6 Å². The number of ether oxygens (including phenoxy) is 1. The number of rotatable bonds is 6. The zero-order valence-corrected chi connectivity index (χ0v) is 19.6. The van der Waals surface area contributed by atoms with Crippen molar-refractivity contribution in [2.45, 2.75) is 18.8 Å². The highest BCUT2D eigenvalue weighted by Gasteiger charge is 2.25. The van der Waals surface area contributed by atoms with Crippen LogP contribution in [0, 0.1) is 0 Å². The van der Waals surface area contributed by atoms with Gasteiger partial charge in [-0.15, -0.1) is 0 Å². The number of benzene rings is 3. The van der Waals surface area contributed by atoms with E-state index >= 15 is 0 Å². The fourth-order valence-electron chi connectivity index (χ4n) is 3.66. The van der Waals surface area contributed by atoms with Gasteiger partial charge in [0.2, 0.25) is 0 Å². The van der Waals surface area contributed by atoms with E-state index in [0.29, 0.717) is 40.0 Å². The zero-order valence-electron chi connectivity index (χ0n) is 17.3. The number of halogens is 2. The van der Waals surface area contributed by atoms with Gasteiger partial charge >= 0.3 is 0 Å². The fourth-order valence-corrected chi connectivity index (χ4v) is 5.00. The Labute approximate surface area is 197 Å². The predicted molar refractivity (Wildman–Crippen MR) is 128 cm³/mol. The molecule has 0 saturated heterocycles. The molecule has 0 atom stereocenters. The minimum atomic E-state index is -3.06. The van der Waals surface area contributed by atoms with Gasteiger partial charge in [-0.2, -0.15) is 0 Å². The minimum Gasteiger partial charge on any atom is -0.489 e. The Morgan fingerprint density at radius 1 is 0.938 bits per heavy atom. The molecular weight excluding hydrogens is 467 g/mol. The van der Waals surface area contributed by atoms with E-state index in [9.17, 15) is 13.2 Å². The first kappa shape index (κ1) is 22.6.